The second-order valence-electron chi connectivity index (χ2n) is 8.09. The van der Waals surface area contributed by atoms with Crippen LogP contribution in [0.3, 0.4) is 0 Å². The highest BCUT2D eigenvalue weighted by Crippen LogP contribution is 2.17. The Bertz CT molecular complexity index is 787. The Kier molecular flexibility index (Phi) is 8.38. The largest absolute Gasteiger partial charge is 0.451 e. The van der Waals surface area contributed by atoms with E-state index in [0.29, 0.717) is 5.56 Å². The zero-order chi connectivity index (χ0) is 22.3. The van der Waals surface area contributed by atoms with Gasteiger partial charge in [0.15, 0.2) is 6.10 Å². The molecule has 1 unspecified atom stereocenters. The van der Waals surface area contributed by atoms with Crippen molar-refractivity contribution in [2.24, 2.45) is 5.92 Å². The number of urea groups is 1. The fraction of sp³-hybridized carbons (Fsp3) is 0.545. The Morgan fingerprint density at radius 3 is 2.33 bits per heavy atom. The summed E-state index contributed by atoms with van der Waals surface area (Å²) >= 11 is 0. The summed E-state index contributed by atoms with van der Waals surface area (Å²) in [6.07, 6.45) is 2.71. The van der Waals surface area contributed by atoms with E-state index < -0.39 is 36.0 Å². The highest BCUT2D eigenvalue weighted by molar-refractivity contribution is 5.99. The lowest BCUT2D eigenvalue weighted by atomic mass is 10.0. The maximum Gasteiger partial charge on any atom is 0.329 e. The molecule has 1 aliphatic rings. The maximum atomic E-state index is 12.6. The quantitative estimate of drug-likeness (QED) is 0.590. The van der Waals surface area contributed by atoms with Gasteiger partial charge in [-0.1, -0.05) is 44.4 Å². The molecular weight excluding hydrogens is 386 g/mol. The number of carbonyl (C=O) groups is 4. The van der Waals surface area contributed by atoms with Crippen molar-refractivity contribution in [2.75, 3.05) is 0 Å². The topological polar surface area (TPSA) is 114 Å². The number of nitrogens with one attached hydrogen (secondary N) is 3. The van der Waals surface area contributed by atoms with Gasteiger partial charge >= 0.3 is 12.0 Å². The number of aryl methyl sites for hydroxylation is 1. The van der Waals surface area contributed by atoms with Gasteiger partial charge in [0.1, 0.15) is 6.04 Å². The zero-order valence-electron chi connectivity index (χ0n) is 18.0. The summed E-state index contributed by atoms with van der Waals surface area (Å²) in [5.74, 6) is -2.11. The smallest absolute Gasteiger partial charge is 0.329 e. The molecule has 1 aromatic rings. The van der Waals surface area contributed by atoms with Crippen LogP contribution in [0.2, 0.25) is 0 Å². The third-order valence-electron chi connectivity index (χ3n) is 5.08. The molecule has 0 aromatic heterocycles. The van der Waals surface area contributed by atoms with Gasteiger partial charge in [-0.15, -0.1) is 0 Å². The number of hydrogen-bond donors (Lipinski definition) is 3. The molecular formula is C22H31N3O5. The van der Waals surface area contributed by atoms with Crippen LogP contribution < -0.4 is 16.0 Å². The van der Waals surface area contributed by atoms with E-state index in [2.05, 4.69) is 16.0 Å². The normalized spacial score (nSPS) is 15.9. The Hall–Kier alpha value is -2.90. The Morgan fingerprint density at radius 2 is 1.73 bits per heavy atom. The molecule has 3 N–H and O–H groups in total. The highest BCUT2D eigenvalue weighted by Gasteiger charge is 2.30. The van der Waals surface area contributed by atoms with E-state index in [4.69, 9.17) is 4.74 Å². The van der Waals surface area contributed by atoms with Crippen molar-refractivity contribution in [1.82, 2.24) is 16.0 Å². The molecule has 30 heavy (non-hydrogen) atoms. The molecule has 0 saturated heterocycles. The molecule has 2 atom stereocenters. The van der Waals surface area contributed by atoms with Crippen LogP contribution >= 0.6 is 0 Å². The van der Waals surface area contributed by atoms with Gasteiger partial charge in [-0.25, -0.2) is 9.59 Å². The van der Waals surface area contributed by atoms with Gasteiger partial charge in [0.25, 0.3) is 11.8 Å². The first-order valence-electron chi connectivity index (χ1n) is 10.4. The molecule has 0 spiro atoms. The molecule has 164 valence electrons. The van der Waals surface area contributed by atoms with Crippen molar-refractivity contribution >= 4 is 23.8 Å². The lowest BCUT2D eigenvalue weighted by Gasteiger charge is -2.23. The van der Waals surface area contributed by atoms with Crippen LogP contribution in [0.25, 0.3) is 0 Å². The number of carbonyl (C=O) groups excluding carboxylic acids is 4. The van der Waals surface area contributed by atoms with Crippen molar-refractivity contribution in [3.05, 3.63) is 35.4 Å². The van der Waals surface area contributed by atoms with Gasteiger partial charge in [-0.3, -0.25) is 14.9 Å². The van der Waals surface area contributed by atoms with Crippen LogP contribution in [-0.4, -0.2) is 42.0 Å². The number of amides is 4. The summed E-state index contributed by atoms with van der Waals surface area (Å²) in [5.41, 5.74) is 1.36. The Morgan fingerprint density at radius 1 is 1.07 bits per heavy atom. The van der Waals surface area contributed by atoms with Crippen molar-refractivity contribution in [3.8, 4) is 0 Å². The van der Waals surface area contributed by atoms with Crippen LogP contribution in [-0.2, 0) is 14.3 Å². The van der Waals surface area contributed by atoms with E-state index in [1.54, 1.807) is 32.0 Å². The predicted molar refractivity (Wildman–Crippen MR) is 112 cm³/mol. The van der Waals surface area contributed by atoms with Gasteiger partial charge in [-0.05, 0) is 44.7 Å². The molecule has 1 fully saturated rings. The monoisotopic (exact) mass is 417 g/mol. The van der Waals surface area contributed by atoms with Crippen LogP contribution in [0, 0.1) is 12.8 Å². The van der Waals surface area contributed by atoms with Crippen LogP contribution in [0.4, 0.5) is 4.79 Å². The van der Waals surface area contributed by atoms with E-state index in [9.17, 15) is 19.2 Å². The first-order chi connectivity index (χ1) is 14.2. The summed E-state index contributed by atoms with van der Waals surface area (Å²) < 4.78 is 5.22. The van der Waals surface area contributed by atoms with Gasteiger partial charge in [0.2, 0.25) is 0 Å². The lowest BCUT2D eigenvalue weighted by Crippen LogP contribution is -2.50. The summed E-state index contributed by atoms with van der Waals surface area (Å²) in [6.45, 7) is 6.79. The zero-order valence-corrected chi connectivity index (χ0v) is 18.0. The maximum absolute atomic E-state index is 12.6. The number of rotatable bonds is 7. The molecule has 0 radical (unpaired) electrons. The number of ether oxygens (including phenoxy) is 1. The molecule has 1 aromatic carbocycles. The van der Waals surface area contributed by atoms with Gasteiger partial charge < -0.3 is 15.4 Å². The van der Waals surface area contributed by atoms with E-state index in [-0.39, 0.29) is 12.0 Å². The molecule has 0 heterocycles. The van der Waals surface area contributed by atoms with E-state index in [1.807, 2.05) is 13.0 Å². The molecule has 1 aliphatic carbocycles. The summed E-state index contributed by atoms with van der Waals surface area (Å²) in [7, 11) is 0. The fourth-order valence-corrected chi connectivity index (χ4v) is 3.31. The van der Waals surface area contributed by atoms with Crippen LogP contribution in [0.5, 0.6) is 0 Å². The minimum Gasteiger partial charge on any atom is -0.451 e. The van der Waals surface area contributed by atoms with Crippen LogP contribution in [0.15, 0.2) is 24.3 Å². The molecule has 1 saturated carbocycles. The van der Waals surface area contributed by atoms with Crippen molar-refractivity contribution in [1.29, 1.82) is 0 Å². The molecule has 0 bridgehead atoms. The molecule has 2 rings (SSSR count). The van der Waals surface area contributed by atoms with Gasteiger partial charge in [0.05, 0.1) is 0 Å². The van der Waals surface area contributed by atoms with Crippen molar-refractivity contribution in [2.45, 2.75) is 71.6 Å². The number of benzene rings is 1. The minimum absolute atomic E-state index is 0.0674. The average molecular weight is 418 g/mol. The van der Waals surface area contributed by atoms with Gasteiger partial charge in [0, 0.05) is 11.6 Å². The first kappa shape index (κ1) is 23.4. The number of esters is 1. The Labute approximate surface area is 177 Å². The molecule has 8 nitrogen and oxygen atoms in total. The standard InChI is InChI=1S/C22H31N3O5/c1-13(2)18(24-20(27)16-9-7-8-14(3)12-16)21(28)30-15(4)19(26)25-22(29)23-17-10-5-6-11-17/h7-9,12-13,15,17-18H,5-6,10-11H2,1-4H3,(H,24,27)(H2,23,25,26,29)/t15?,18-/m0/s1. The summed E-state index contributed by atoms with van der Waals surface area (Å²) in [4.78, 5) is 49.2. The molecule has 4 amide bonds. The van der Waals surface area contributed by atoms with Crippen molar-refractivity contribution in [3.63, 3.8) is 0 Å². The summed E-state index contributed by atoms with van der Waals surface area (Å²) in [6, 6.07) is 5.55. The first-order valence-corrected chi connectivity index (χ1v) is 10.4. The van der Waals surface area contributed by atoms with Gasteiger partial charge in [-0.2, -0.15) is 0 Å². The number of imide groups is 1. The minimum atomic E-state index is -1.18. The van der Waals surface area contributed by atoms with Crippen LogP contribution in [0.1, 0.15) is 62.4 Å². The Balaban J connectivity index is 1.90. The van der Waals surface area contributed by atoms with E-state index >= 15 is 0 Å². The van der Waals surface area contributed by atoms with E-state index in [0.717, 1.165) is 31.2 Å². The fourth-order valence-electron chi connectivity index (χ4n) is 3.31. The third-order valence-corrected chi connectivity index (χ3v) is 5.08. The predicted octanol–water partition coefficient (Wildman–Crippen LogP) is 2.45. The second kappa shape index (κ2) is 10.8. The molecule has 0 aliphatic heterocycles. The SMILES string of the molecule is Cc1cccc(C(=O)N[C@H](C(=O)OC(C)C(=O)NC(=O)NC2CCCC2)C(C)C)c1. The highest BCUT2D eigenvalue weighted by atomic mass is 16.5. The molecule has 8 heteroatoms. The summed E-state index contributed by atoms with van der Waals surface area (Å²) in [5, 5.41) is 7.61. The lowest BCUT2D eigenvalue weighted by molar-refractivity contribution is -0.157. The average Bonchev–Trinajstić information content (AvgIpc) is 3.18. The van der Waals surface area contributed by atoms with Crippen molar-refractivity contribution < 1.29 is 23.9 Å². The third kappa shape index (κ3) is 6.86. The van der Waals surface area contributed by atoms with E-state index in [1.165, 1.54) is 6.92 Å². The second-order valence-corrected chi connectivity index (χ2v) is 8.09. The number of hydrogen-bond acceptors (Lipinski definition) is 5.